The number of halogens is 3. The Balaban J connectivity index is 1.91. The number of amides is 1. The van der Waals surface area contributed by atoms with E-state index in [4.69, 9.17) is 0 Å². The summed E-state index contributed by atoms with van der Waals surface area (Å²) >= 11 is 0. The minimum absolute atomic E-state index is 0.0584. The molecule has 0 unspecified atom stereocenters. The van der Waals surface area contributed by atoms with Crippen molar-refractivity contribution in [1.29, 1.82) is 0 Å². The van der Waals surface area contributed by atoms with Gasteiger partial charge in [-0.1, -0.05) is 19.1 Å². The van der Waals surface area contributed by atoms with Crippen LogP contribution in [0.25, 0.3) is 0 Å². The zero-order chi connectivity index (χ0) is 17.0. The molecule has 128 valence electrons. The van der Waals surface area contributed by atoms with E-state index in [-0.39, 0.29) is 12.5 Å². The molecule has 1 fully saturated rings. The quantitative estimate of drug-likeness (QED) is 0.846. The lowest BCUT2D eigenvalue weighted by atomic mass is 9.99. The number of likely N-dealkylation sites (N-methyl/N-ethyl adjacent to an activating group) is 1. The number of benzene rings is 1. The van der Waals surface area contributed by atoms with Gasteiger partial charge in [-0.15, -0.1) is 0 Å². The summed E-state index contributed by atoms with van der Waals surface area (Å²) < 4.78 is 38.2. The van der Waals surface area contributed by atoms with Crippen LogP contribution in [0, 0.1) is 5.92 Å². The summed E-state index contributed by atoms with van der Waals surface area (Å²) in [5.41, 5.74) is -0.191. The maximum atomic E-state index is 12.7. The molecule has 1 amide bonds. The largest absolute Gasteiger partial charge is 0.416 e. The van der Waals surface area contributed by atoms with Gasteiger partial charge in [-0.25, -0.2) is 0 Å². The topological polar surface area (TPSA) is 23.6 Å². The fourth-order valence-corrected chi connectivity index (χ4v) is 2.74. The summed E-state index contributed by atoms with van der Waals surface area (Å²) in [5, 5.41) is 0. The van der Waals surface area contributed by atoms with E-state index < -0.39 is 11.7 Å². The van der Waals surface area contributed by atoms with Gasteiger partial charge in [0.15, 0.2) is 0 Å². The average molecular weight is 328 g/mol. The van der Waals surface area contributed by atoms with Crippen LogP contribution in [-0.4, -0.2) is 42.4 Å². The van der Waals surface area contributed by atoms with Gasteiger partial charge < -0.3 is 4.90 Å². The normalized spacial score (nSPS) is 17.3. The van der Waals surface area contributed by atoms with Gasteiger partial charge in [0.2, 0.25) is 5.91 Å². The molecule has 0 radical (unpaired) electrons. The third-order valence-electron chi connectivity index (χ3n) is 4.33. The standard InChI is InChI=1S/C17H23F3N2O/c1-13-6-8-22(9-7-13)12-16(23)21(2)11-14-4-3-5-15(10-14)17(18,19)20/h3-5,10,13H,6-9,11-12H2,1-2H3. The van der Waals surface area contributed by atoms with Crippen molar-refractivity contribution in [3.8, 4) is 0 Å². The van der Waals surface area contributed by atoms with Crippen molar-refractivity contribution in [1.82, 2.24) is 9.80 Å². The first-order valence-corrected chi connectivity index (χ1v) is 7.88. The highest BCUT2D eigenvalue weighted by atomic mass is 19.4. The smallest absolute Gasteiger partial charge is 0.340 e. The number of nitrogens with zero attached hydrogens (tertiary/aromatic N) is 2. The summed E-state index contributed by atoms with van der Waals surface area (Å²) in [5.74, 6) is 0.640. The second-order valence-electron chi connectivity index (χ2n) is 6.41. The van der Waals surface area contributed by atoms with Gasteiger partial charge in [0.1, 0.15) is 0 Å². The van der Waals surface area contributed by atoms with Crippen LogP contribution >= 0.6 is 0 Å². The fraction of sp³-hybridized carbons (Fsp3) is 0.588. The third-order valence-corrected chi connectivity index (χ3v) is 4.33. The Morgan fingerprint density at radius 2 is 1.96 bits per heavy atom. The molecule has 6 heteroatoms. The summed E-state index contributed by atoms with van der Waals surface area (Å²) in [7, 11) is 1.63. The number of likely N-dealkylation sites (tertiary alicyclic amines) is 1. The van der Waals surface area contributed by atoms with E-state index in [0.29, 0.717) is 18.0 Å². The molecule has 1 aliphatic heterocycles. The molecule has 0 saturated carbocycles. The molecule has 1 saturated heterocycles. The number of carbonyl (C=O) groups is 1. The fourth-order valence-electron chi connectivity index (χ4n) is 2.74. The Labute approximate surface area is 135 Å². The SMILES string of the molecule is CC1CCN(CC(=O)N(C)Cc2cccc(C(F)(F)F)c2)CC1. The van der Waals surface area contributed by atoms with E-state index in [9.17, 15) is 18.0 Å². The van der Waals surface area contributed by atoms with Crippen LogP contribution in [0.15, 0.2) is 24.3 Å². The van der Waals surface area contributed by atoms with Crippen LogP contribution < -0.4 is 0 Å². The second kappa shape index (κ2) is 7.34. The summed E-state index contributed by atoms with van der Waals surface area (Å²) in [6, 6.07) is 5.14. The summed E-state index contributed by atoms with van der Waals surface area (Å²) in [4.78, 5) is 15.9. The van der Waals surface area contributed by atoms with Crippen LogP contribution in [0.1, 0.15) is 30.9 Å². The number of hydrogen-bond donors (Lipinski definition) is 0. The zero-order valence-electron chi connectivity index (χ0n) is 13.6. The van der Waals surface area contributed by atoms with Crippen molar-refractivity contribution >= 4 is 5.91 Å². The maximum Gasteiger partial charge on any atom is 0.416 e. The van der Waals surface area contributed by atoms with Crippen molar-refractivity contribution in [3.05, 3.63) is 35.4 Å². The van der Waals surface area contributed by atoms with Crippen LogP contribution in [0.4, 0.5) is 13.2 Å². The highest BCUT2D eigenvalue weighted by molar-refractivity contribution is 5.78. The predicted octanol–water partition coefficient (Wildman–Crippen LogP) is 3.40. The molecule has 2 rings (SSSR count). The molecule has 0 atom stereocenters. The van der Waals surface area contributed by atoms with E-state index in [0.717, 1.165) is 38.1 Å². The Morgan fingerprint density at radius 1 is 1.30 bits per heavy atom. The van der Waals surface area contributed by atoms with Gasteiger partial charge in [-0.3, -0.25) is 9.69 Å². The number of rotatable bonds is 4. The van der Waals surface area contributed by atoms with Gasteiger partial charge in [-0.2, -0.15) is 13.2 Å². The molecule has 3 nitrogen and oxygen atoms in total. The molecule has 23 heavy (non-hydrogen) atoms. The lowest BCUT2D eigenvalue weighted by Gasteiger charge is -2.31. The molecule has 1 heterocycles. The monoisotopic (exact) mass is 328 g/mol. The Kier molecular flexibility index (Phi) is 5.68. The lowest BCUT2D eigenvalue weighted by Crippen LogP contribution is -2.41. The molecule has 0 aliphatic carbocycles. The minimum atomic E-state index is -4.36. The number of piperidine rings is 1. The highest BCUT2D eigenvalue weighted by Gasteiger charge is 2.30. The van der Waals surface area contributed by atoms with E-state index in [2.05, 4.69) is 11.8 Å². The van der Waals surface area contributed by atoms with Crippen LogP contribution in [0.3, 0.4) is 0 Å². The van der Waals surface area contributed by atoms with E-state index in [1.165, 1.54) is 11.0 Å². The number of carbonyl (C=O) groups excluding carboxylic acids is 1. The molecule has 0 aromatic heterocycles. The number of hydrogen-bond acceptors (Lipinski definition) is 2. The van der Waals surface area contributed by atoms with Gasteiger partial charge in [0.25, 0.3) is 0 Å². The van der Waals surface area contributed by atoms with Crippen LogP contribution in [0.2, 0.25) is 0 Å². The number of alkyl halides is 3. The third kappa shape index (κ3) is 5.23. The Morgan fingerprint density at radius 3 is 2.57 bits per heavy atom. The van der Waals surface area contributed by atoms with Gasteiger partial charge in [-0.05, 0) is 49.5 Å². The first kappa shape index (κ1) is 17.8. The van der Waals surface area contributed by atoms with Crippen molar-refractivity contribution < 1.29 is 18.0 Å². The van der Waals surface area contributed by atoms with E-state index >= 15 is 0 Å². The molecule has 0 spiro atoms. The molecule has 1 aromatic carbocycles. The molecular formula is C17H23F3N2O. The van der Waals surface area contributed by atoms with Gasteiger partial charge >= 0.3 is 6.18 Å². The second-order valence-corrected chi connectivity index (χ2v) is 6.41. The van der Waals surface area contributed by atoms with Crippen LogP contribution in [0.5, 0.6) is 0 Å². The van der Waals surface area contributed by atoms with E-state index in [1.807, 2.05) is 0 Å². The summed E-state index contributed by atoms with van der Waals surface area (Å²) in [6.07, 6.45) is -2.18. The maximum absolute atomic E-state index is 12.7. The van der Waals surface area contributed by atoms with Crippen LogP contribution in [-0.2, 0) is 17.5 Å². The van der Waals surface area contributed by atoms with Gasteiger partial charge in [0, 0.05) is 13.6 Å². The van der Waals surface area contributed by atoms with Crippen molar-refractivity contribution in [2.75, 3.05) is 26.7 Å². The minimum Gasteiger partial charge on any atom is -0.340 e. The molecule has 0 N–H and O–H groups in total. The molecular weight excluding hydrogens is 305 g/mol. The Bertz CT molecular complexity index is 537. The van der Waals surface area contributed by atoms with Crippen molar-refractivity contribution in [2.45, 2.75) is 32.5 Å². The molecule has 1 aliphatic rings. The first-order valence-electron chi connectivity index (χ1n) is 7.88. The summed E-state index contributed by atoms with van der Waals surface area (Å²) in [6.45, 7) is 4.54. The zero-order valence-corrected chi connectivity index (χ0v) is 13.6. The molecule has 0 bridgehead atoms. The lowest BCUT2D eigenvalue weighted by molar-refractivity contribution is -0.137. The van der Waals surface area contributed by atoms with Crippen molar-refractivity contribution in [2.24, 2.45) is 5.92 Å². The predicted molar refractivity (Wildman–Crippen MR) is 82.8 cm³/mol. The molecule has 1 aromatic rings. The van der Waals surface area contributed by atoms with E-state index in [1.54, 1.807) is 13.1 Å². The first-order chi connectivity index (χ1) is 10.8. The average Bonchev–Trinajstić information content (AvgIpc) is 2.49. The Hall–Kier alpha value is -1.56. The van der Waals surface area contributed by atoms with Crippen molar-refractivity contribution in [3.63, 3.8) is 0 Å². The highest BCUT2D eigenvalue weighted by Crippen LogP contribution is 2.29. The van der Waals surface area contributed by atoms with Gasteiger partial charge in [0.05, 0.1) is 12.1 Å².